The van der Waals surface area contributed by atoms with E-state index in [0.29, 0.717) is 12.8 Å². The molecule has 0 amide bonds. The number of nitro groups is 1. The molecule has 1 aliphatic rings. The van der Waals surface area contributed by atoms with Crippen molar-refractivity contribution in [3.05, 3.63) is 31.6 Å². The van der Waals surface area contributed by atoms with Crippen LogP contribution in [0.3, 0.4) is 0 Å². The third-order valence-corrected chi connectivity index (χ3v) is 4.45. The fraction of sp³-hybridized carbons (Fsp3) is 0.538. The van der Waals surface area contributed by atoms with Gasteiger partial charge in [0.05, 0.1) is 14.1 Å². The first-order chi connectivity index (χ1) is 9.41. The van der Waals surface area contributed by atoms with Crippen molar-refractivity contribution in [1.82, 2.24) is 0 Å². The molecule has 1 fully saturated rings. The molecule has 7 heteroatoms. The summed E-state index contributed by atoms with van der Waals surface area (Å²) in [5.41, 5.74) is -0.909. The van der Waals surface area contributed by atoms with E-state index in [2.05, 4.69) is 5.32 Å². The SMILES string of the molecule is O=[N+]([O-])c1cc(I)c(F)cc1NCC1(O)CCCCC1. The van der Waals surface area contributed by atoms with Crippen LogP contribution >= 0.6 is 22.6 Å². The highest BCUT2D eigenvalue weighted by Gasteiger charge is 2.30. The molecule has 1 aliphatic carbocycles. The Bertz CT molecular complexity index is 519. The van der Waals surface area contributed by atoms with Gasteiger partial charge in [-0.25, -0.2) is 4.39 Å². The van der Waals surface area contributed by atoms with Crippen molar-refractivity contribution in [3.8, 4) is 0 Å². The van der Waals surface area contributed by atoms with Crippen molar-refractivity contribution in [1.29, 1.82) is 0 Å². The number of nitrogens with zero attached hydrogens (tertiary/aromatic N) is 1. The molecule has 1 aromatic carbocycles. The van der Waals surface area contributed by atoms with Crippen molar-refractivity contribution in [2.24, 2.45) is 0 Å². The van der Waals surface area contributed by atoms with Gasteiger partial charge < -0.3 is 10.4 Å². The highest BCUT2D eigenvalue weighted by atomic mass is 127. The molecule has 20 heavy (non-hydrogen) atoms. The Balaban J connectivity index is 2.16. The molecule has 0 atom stereocenters. The van der Waals surface area contributed by atoms with Crippen LogP contribution in [0.2, 0.25) is 0 Å². The monoisotopic (exact) mass is 394 g/mol. The lowest BCUT2D eigenvalue weighted by atomic mass is 9.85. The van der Waals surface area contributed by atoms with Gasteiger partial charge >= 0.3 is 0 Å². The van der Waals surface area contributed by atoms with Crippen LogP contribution in [-0.4, -0.2) is 22.2 Å². The molecule has 0 radical (unpaired) electrons. The molecule has 1 aromatic rings. The van der Waals surface area contributed by atoms with E-state index in [9.17, 15) is 19.6 Å². The van der Waals surface area contributed by atoms with Crippen LogP contribution in [-0.2, 0) is 0 Å². The van der Waals surface area contributed by atoms with E-state index in [-0.39, 0.29) is 21.5 Å². The van der Waals surface area contributed by atoms with E-state index in [4.69, 9.17) is 0 Å². The van der Waals surface area contributed by atoms with Crippen LogP contribution in [0, 0.1) is 19.5 Å². The first-order valence-electron chi connectivity index (χ1n) is 6.51. The molecule has 0 heterocycles. The number of hydrogen-bond donors (Lipinski definition) is 2. The van der Waals surface area contributed by atoms with Crippen LogP contribution in [0.4, 0.5) is 15.8 Å². The number of anilines is 1. The van der Waals surface area contributed by atoms with E-state index in [1.54, 1.807) is 22.6 Å². The predicted octanol–water partition coefficient (Wildman–Crippen LogP) is 3.45. The molecule has 0 unspecified atom stereocenters. The van der Waals surface area contributed by atoms with E-state index in [1.807, 2.05) is 0 Å². The number of rotatable bonds is 4. The topological polar surface area (TPSA) is 75.4 Å². The Morgan fingerprint density at radius 2 is 2.05 bits per heavy atom. The maximum atomic E-state index is 13.6. The molecule has 0 aliphatic heterocycles. The lowest BCUT2D eigenvalue weighted by Gasteiger charge is -2.32. The fourth-order valence-corrected chi connectivity index (χ4v) is 2.93. The number of benzene rings is 1. The number of nitro benzene ring substituents is 1. The number of nitrogens with one attached hydrogen (secondary N) is 1. The zero-order valence-electron chi connectivity index (χ0n) is 10.9. The highest BCUT2D eigenvalue weighted by Crippen LogP contribution is 2.32. The summed E-state index contributed by atoms with van der Waals surface area (Å²) >= 11 is 1.72. The van der Waals surface area contributed by atoms with Gasteiger partial charge in [-0.1, -0.05) is 19.3 Å². The Kier molecular flexibility index (Phi) is 4.79. The molecule has 0 spiro atoms. The minimum absolute atomic E-state index is 0.118. The number of hydrogen-bond acceptors (Lipinski definition) is 4. The van der Waals surface area contributed by atoms with E-state index >= 15 is 0 Å². The molecule has 0 saturated heterocycles. The molecular weight excluding hydrogens is 378 g/mol. The summed E-state index contributed by atoms with van der Waals surface area (Å²) in [6.07, 6.45) is 4.32. The van der Waals surface area contributed by atoms with Gasteiger partial charge in [-0.3, -0.25) is 10.1 Å². The van der Waals surface area contributed by atoms with E-state index in [0.717, 1.165) is 25.3 Å². The molecular formula is C13H16FIN2O3. The summed E-state index contributed by atoms with van der Waals surface area (Å²) in [6, 6.07) is 2.31. The Morgan fingerprint density at radius 3 is 2.65 bits per heavy atom. The zero-order valence-corrected chi connectivity index (χ0v) is 13.0. The predicted molar refractivity (Wildman–Crippen MR) is 82.3 cm³/mol. The molecule has 5 nitrogen and oxygen atoms in total. The van der Waals surface area contributed by atoms with Gasteiger partial charge in [0, 0.05) is 18.7 Å². The molecule has 1 saturated carbocycles. The lowest BCUT2D eigenvalue weighted by molar-refractivity contribution is -0.384. The molecule has 110 valence electrons. The van der Waals surface area contributed by atoms with Gasteiger partial charge in [0.25, 0.3) is 5.69 Å². The maximum Gasteiger partial charge on any atom is 0.293 e. The van der Waals surface area contributed by atoms with Gasteiger partial charge in [0.1, 0.15) is 11.5 Å². The molecule has 2 N–H and O–H groups in total. The van der Waals surface area contributed by atoms with Crippen molar-refractivity contribution in [2.45, 2.75) is 37.7 Å². The third-order valence-electron chi connectivity index (χ3n) is 3.63. The quantitative estimate of drug-likeness (QED) is 0.466. The second-order valence-electron chi connectivity index (χ2n) is 5.18. The van der Waals surface area contributed by atoms with E-state index in [1.165, 1.54) is 6.07 Å². The molecule has 0 aromatic heterocycles. The average Bonchev–Trinajstić information content (AvgIpc) is 2.40. The van der Waals surface area contributed by atoms with Gasteiger partial charge in [0.2, 0.25) is 0 Å². The smallest absolute Gasteiger partial charge is 0.293 e. The van der Waals surface area contributed by atoms with Crippen LogP contribution in [0.25, 0.3) is 0 Å². The van der Waals surface area contributed by atoms with Gasteiger partial charge in [0.15, 0.2) is 0 Å². The number of halogens is 2. The first kappa shape index (κ1) is 15.4. The zero-order chi connectivity index (χ0) is 14.8. The summed E-state index contributed by atoms with van der Waals surface area (Å²) in [7, 11) is 0. The minimum Gasteiger partial charge on any atom is -0.388 e. The van der Waals surface area contributed by atoms with Crippen molar-refractivity contribution in [3.63, 3.8) is 0 Å². The van der Waals surface area contributed by atoms with Crippen LogP contribution in [0.5, 0.6) is 0 Å². The summed E-state index contributed by atoms with van der Waals surface area (Å²) < 4.78 is 13.8. The van der Waals surface area contributed by atoms with Crippen LogP contribution in [0.1, 0.15) is 32.1 Å². The van der Waals surface area contributed by atoms with Crippen molar-refractivity contribution in [2.75, 3.05) is 11.9 Å². The maximum absolute atomic E-state index is 13.6. The van der Waals surface area contributed by atoms with Crippen molar-refractivity contribution >= 4 is 34.0 Å². The summed E-state index contributed by atoms with van der Waals surface area (Å²) in [5.74, 6) is -0.505. The largest absolute Gasteiger partial charge is 0.388 e. The second kappa shape index (κ2) is 6.21. The highest BCUT2D eigenvalue weighted by molar-refractivity contribution is 14.1. The molecule has 2 rings (SSSR count). The Labute approximate surface area is 129 Å². The summed E-state index contributed by atoms with van der Waals surface area (Å²) in [4.78, 5) is 10.4. The third kappa shape index (κ3) is 3.57. The van der Waals surface area contributed by atoms with Gasteiger partial charge in [-0.2, -0.15) is 0 Å². The second-order valence-corrected chi connectivity index (χ2v) is 6.34. The minimum atomic E-state index is -0.856. The molecule has 0 bridgehead atoms. The average molecular weight is 394 g/mol. The van der Waals surface area contributed by atoms with Gasteiger partial charge in [-0.05, 0) is 35.4 Å². The van der Waals surface area contributed by atoms with Crippen molar-refractivity contribution < 1.29 is 14.4 Å². The fourth-order valence-electron chi connectivity index (χ4n) is 2.48. The summed E-state index contributed by atoms with van der Waals surface area (Å²) in [5, 5.41) is 24.2. The lowest BCUT2D eigenvalue weighted by Crippen LogP contribution is -2.38. The first-order valence-corrected chi connectivity index (χ1v) is 7.59. The number of aliphatic hydroxyl groups is 1. The Hall–Kier alpha value is -0.960. The van der Waals surface area contributed by atoms with Crippen LogP contribution in [0.15, 0.2) is 12.1 Å². The van der Waals surface area contributed by atoms with E-state index < -0.39 is 16.3 Å². The van der Waals surface area contributed by atoms with Crippen LogP contribution < -0.4 is 5.32 Å². The van der Waals surface area contributed by atoms with Gasteiger partial charge in [-0.15, -0.1) is 0 Å². The Morgan fingerprint density at radius 1 is 1.40 bits per heavy atom. The normalized spacial score (nSPS) is 17.8. The standard InChI is InChI=1S/C13H16FIN2O3/c14-9-6-11(12(17(19)20)7-10(9)15)16-8-13(18)4-2-1-3-5-13/h6-7,16,18H,1-5,8H2. The summed E-state index contributed by atoms with van der Waals surface area (Å²) in [6.45, 7) is 0.202.